The number of nitrogens with one attached hydrogen (secondary N) is 1. The fraction of sp³-hybridized carbons (Fsp3) is 0.500. The van der Waals surface area contributed by atoms with Gasteiger partial charge in [-0.3, -0.25) is 10.1 Å². The van der Waals surface area contributed by atoms with Crippen molar-refractivity contribution in [1.82, 2.24) is 0 Å². The maximum Gasteiger partial charge on any atom is 0.292 e. The fourth-order valence-electron chi connectivity index (χ4n) is 1.76. The van der Waals surface area contributed by atoms with Crippen LogP contribution in [-0.2, 0) is 10.5 Å². The molecular formula is C12H16N2O3S. The first-order chi connectivity index (χ1) is 8.72. The molecule has 98 valence electrons. The maximum absolute atomic E-state index is 11.0. The highest BCUT2D eigenvalue weighted by Gasteiger charge is 2.21. The number of hydrogen-bond donors (Lipinski definition) is 1. The lowest BCUT2D eigenvalue weighted by Gasteiger charge is -2.25. The van der Waals surface area contributed by atoms with E-state index >= 15 is 0 Å². The summed E-state index contributed by atoms with van der Waals surface area (Å²) in [6, 6.07) is 5.22. The van der Waals surface area contributed by atoms with Crippen LogP contribution in [-0.4, -0.2) is 29.9 Å². The zero-order valence-electron chi connectivity index (χ0n) is 10.2. The molecule has 0 unspecified atom stereocenters. The SMILES string of the molecule is CCNc1c(CSC2COC2)cccc1[N+](=O)[O-]. The van der Waals surface area contributed by atoms with E-state index in [0.717, 1.165) is 24.5 Å². The number of nitro benzene ring substituents is 1. The maximum atomic E-state index is 11.0. The number of thioether (sulfide) groups is 1. The van der Waals surface area contributed by atoms with Crippen LogP contribution < -0.4 is 5.32 Å². The van der Waals surface area contributed by atoms with E-state index in [1.807, 2.05) is 13.0 Å². The van der Waals surface area contributed by atoms with Crippen LogP contribution in [0, 0.1) is 10.1 Å². The molecule has 0 amide bonds. The topological polar surface area (TPSA) is 64.4 Å². The Labute approximate surface area is 110 Å². The van der Waals surface area contributed by atoms with Gasteiger partial charge < -0.3 is 10.1 Å². The van der Waals surface area contributed by atoms with Crippen LogP contribution in [0.2, 0.25) is 0 Å². The van der Waals surface area contributed by atoms with Gasteiger partial charge in [-0.05, 0) is 12.5 Å². The Hall–Kier alpha value is -1.27. The molecule has 1 fully saturated rings. The monoisotopic (exact) mass is 268 g/mol. The lowest BCUT2D eigenvalue weighted by atomic mass is 10.1. The Morgan fingerprint density at radius 2 is 2.33 bits per heavy atom. The lowest BCUT2D eigenvalue weighted by Crippen LogP contribution is -2.30. The Balaban J connectivity index is 2.15. The van der Waals surface area contributed by atoms with Crippen molar-refractivity contribution in [2.75, 3.05) is 25.1 Å². The van der Waals surface area contributed by atoms with Crippen molar-refractivity contribution in [1.29, 1.82) is 0 Å². The number of anilines is 1. The second kappa shape index (κ2) is 6.06. The van der Waals surface area contributed by atoms with Crippen LogP contribution in [0.1, 0.15) is 12.5 Å². The predicted octanol–water partition coefficient (Wildman–Crippen LogP) is 2.66. The van der Waals surface area contributed by atoms with Crippen molar-refractivity contribution in [2.24, 2.45) is 0 Å². The highest BCUT2D eigenvalue weighted by molar-refractivity contribution is 7.99. The van der Waals surface area contributed by atoms with Crippen molar-refractivity contribution in [2.45, 2.75) is 17.9 Å². The van der Waals surface area contributed by atoms with Gasteiger partial charge in [0.15, 0.2) is 0 Å². The molecule has 0 spiro atoms. The zero-order valence-corrected chi connectivity index (χ0v) is 11.0. The van der Waals surface area contributed by atoms with Gasteiger partial charge in [-0.2, -0.15) is 0 Å². The van der Waals surface area contributed by atoms with Gasteiger partial charge in [-0.15, -0.1) is 11.8 Å². The van der Waals surface area contributed by atoms with Gasteiger partial charge in [0.1, 0.15) is 5.69 Å². The summed E-state index contributed by atoms with van der Waals surface area (Å²) < 4.78 is 5.12. The molecule has 1 N–H and O–H groups in total. The molecule has 1 heterocycles. The van der Waals surface area contributed by atoms with E-state index in [1.165, 1.54) is 0 Å². The number of benzene rings is 1. The molecule has 1 aliphatic heterocycles. The third kappa shape index (κ3) is 2.94. The van der Waals surface area contributed by atoms with E-state index < -0.39 is 0 Å². The molecule has 1 saturated heterocycles. The molecule has 1 aromatic carbocycles. The first-order valence-electron chi connectivity index (χ1n) is 5.92. The Morgan fingerprint density at radius 3 is 2.89 bits per heavy atom. The van der Waals surface area contributed by atoms with Crippen molar-refractivity contribution in [3.8, 4) is 0 Å². The minimum absolute atomic E-state index is 0.153. The molecule has 0 bridgehead atoms. The fourth-order valence-corrected chi connectivity index (χ4v) is 2.80. The number of rotatable bonds is 6. The number of nitrogens with zero attached hydrogens (tertiary/aromatic N) is 1. The van der Waals surface area contributed by atoms with E-state index in [0.29, 0.717) is 17.5 Å². The van der Waals surface area contributed by atoms with Gasteiger partial charge in [-0.25, -0.2) is 0 Å². The number of nitro groups is 1. The molecule has 5 nitrogen and oxygen atoms in total. The zero-order chi connectivity index (χ0) is 13.0. The summed E-state index contributed by atoms with van der Waals surface area (Å²) in [4.78, 5) is 10.7. The van der Waals surface area contributed by atoms with E-state index in [-0.39, 0.29) is 10.6 Å². The molecule has 1 aliphatic rings. The third-order valence-corrected chi connectivity index (χ3v) is 3.98. The van der Waals surface area contributed by atoms with E-state index in [4.69, 9.17) is 4.74 Å². The number of para-hydroxylation sites is 1. The average molecular weight is 268 g/mol. The van der Waals surface area contributed by atoms with Crippen LogP contribution in [0.15, 0.2) is 18.2 Å². The van der Waals surface area contributed by atoms with E-state index in [9.17, 15) is 10.1 Å². The summed E-state index contributed by atoms with van der Waals surface area (Å²) in [5, 5.41) is 14.6. The highest BCUT2D eigenvalue weighted by Crippen LogP contribution is 2.32. The van der Waals surface area contributed by atoms with Gasteiger partial charge in [0, 0.05) is 18.4 Å². The van der Waals surface area contributed by atoms with Crippen LogP contribution >= 0.6 is 11.8 Å². The average Bonchev–Trinajstić information content (AvgIpc) is 2.28. The van der Waals surface area contributed by atoms with E-state index in [2.05, 4.69) is 5.32 Å². The number of hydrogen-bond acceptors (Lipinski definition) is 5. The molecule has 0 atom stereocenters. The summed E-state index contributed by atoms with van der Waals surface area (Å²) in [6.45, 7) is 4.19. The summed E-state index contributed by atoms with van der Waals surface area (Å²) in [5.74, 6) is 0.776. The first-order valence-corrected chi connectivity index (χ1v) is 6.96. The Bertz CT molecular complexity index is 435. The van der Waals surface area contributed by atoms with Gasteiger partial charge in [0.25, 0.3) is 5.69 Å². The Morgan fingerprint density at radius 1 is 1.56 bits per heavy atom. The summed E-state index contributed by atoms with van der Waals surface area (Å²) in [7, 11) is 0. The smallest absolute Gasteiger partial charge is 0.292 e. The van der Waals surface area contributed by atoms with Crippen molar-refractivity contribution < 1.29 is 9.66 Å². The van der Waals surface area contributed by atoms with Crippen molar-refractivity contribution in [3.05, 3.63) is 33.9 Å². The van der Waals surface area contributed by atoms with Gasteiger partial charge >= 0.3 is 0 Å². The quantitative estimate of drug-likeness (QED) is 0.634. The molecular weight excluding hydrogens is 252 g/mol. The largest absolute Gasteiger partial charge is 0.380 e. The molecule has 0 radical (unpaired) electrons. The van der Waals surface area contributed by atoms with Gasteiger partial charge in [0.05, 0.1) is 23.4 Å². The van der Waals surface area contributed by atoms with Crippen LogP contribution in [0.5, 0.6) is 0 Å². The minimum atomic E-state index is -0.335. The van der Waals surface area contributed by atoms with Gasteiger partial charge in [0.2, 0.25) is 0 Å². The van der Waals surface area contributed by atoms with Gasteiger partial charge in [-0.1, -0.05) is 12.1 Å². The standard InChI is InChI=1S/C12H16N2O3S/c1-2-13-12-9(8-18-10-6-17-7-10)4-3-5-11(12)14(15)16/h3-5,10,13H,2,6-8H2,1H3. The van der Waals surface area contributed by atoms with E-state index in [1.54, 1.807) is 23.9 Å². The molecule has 1 aromatic rings. The summed E-state index contributed by atoms with van der Waals surface area (Å²) >= 11 is 1.79. The van der Waals surface area contributed by atoms with Crippen molar-refractivity contribution >= 4 is 23.1 Å². The van der Waals surface area contributed by atoms with Crippen LogP contribution in [0.3, 0.4) is 0 Å². The van der Waals surface area contributed by atoms with Crippen molar-refractivity contribution in [3.63, 3.8) is 0 Å². The Kier molecular flexibility index (Phi) is 4.43. The summed E-state index contributed by atoms with van der Waals surface area (Å²) in [6.07, 6.45) is 0. The molecule has 0 aliphatic carbocycles. The second-order valence-corrected chi connectivity index (χ2v) is 5.36. The number of ether oxygens (including phenoxy) is 1. The molecule has 6 heteroatoms. The normalized spacial score (nSPS) is 15.2. The molecule has 0 saturated carbocycles. The second-order valence-electron chi connectivity index (χ2n) is 4.07. The lowest BCUT2D eigenvalue weighted by molar-refractivity contribution is -0.384. The molecule has 18 heavy (non-hydrogen) atoms. The molecule has 0 aromatic heterocycles. The van der Waals surface area contributed by atoms with Crippen LogP contribution in [0.25, 0.3) is 0 Å². The summed E-state index contributed by atoms with van der Waals surface area (Å²) in [5.41, 5.74) is 1.79. The predicted molar refractivity (Wildman–Crippen MR) is 73.2 cm³/mol. The van der Waals surface area contributed by atoms with Crippen LogP contribution in [0.4, 0.5) is 11.4 Å². The first kappa shape index (κ1) is 13.2. The minimum Gasteiger partial charge on any atom is -0.380 e. The third-order valence-electron chi connectivity index (χ3n) is 2.76. The molecule has 2 rings (SSSR count). The highest BCUT2D eigenvalue weighted by atomic mass is 32.2.